The summed E-state index contributed by atoms with van der Waals surface area (Å²) in [6, 6.07) is 18.3. The molecule has 36 heavy (non-hydrogen) atoms. The summed E-state index contributed by atoms with van der Waals surface area (Å²) < 4.78 is 0. The lowest BCUT2D eigenvalue weighted by Gasteiger charge is -2.32. The number of carbonyl (C=O) groups excluding carboxylic acids is 2. The van der Waals surface area contributed by atoms with Crippen LogP contribution in [0.3, 0.4) is 0 Å². The third kappa shape index (κ3) is 6.28. The summed E-state index contributed by atoms with van der Waals surface area (Å²) in [7, 11) is 2.08. The predicted molar refractivity (Wildman–Crippen MR) is 145 cm³/mol. The van der Waals surface area contributed by atoms with Crippen molar-refractivity contribution in [2.75, 3.05) is 39.8 Å². The molecule has 1 atom stereocenters. The molecule has 0 aliphatic carbocycles. The van der Waals surface area contributed by atoms with Gasteiger partial charge in [-0.15, -0.1) is 11.8 Å². The molecule has 0 spiro atoms. The lowest BCUT2D eigenvalue weighted by atomic mass is 10.0. The van der Waals surface area contributed by atoms with Gasteiger partial charge in [-0.05, 0) is 60.8 Å². The van der Waals surface area contributed by atoms with Crippen molar-refractivity contribution in [2.24, 2.45) is 5.92 Å². The molecule has 1 saturated heterocycles. The predicted octanol–water partition coefficient (Wildman–Crippen LogP) is 4.37. The smallest absolute Gasteiger partial charge is 0.270 e. The number of benzene rings is 2. The van der Waals surface area contributed by atoms with E-state index in [1.807, 2.05) is 35.2 Å². The molecule has 1 unspecified atom stereocenters. The molecule has 1 aliphatic heterocycles. The standard InChI is InChI=1S/C28H33N5O2S/c1-19(2)16-26(27(34)30-11-10-29)36-23-7-4-20(5-8-23)21-6-9-24-22(17-21)18-25(31-24)28(35)33-14-12-32(3)13-15-33/h4-9,17-19,26,31H,11-16H2,1-3H3,(H,30,34). The van der Waals surface area contributed by atoms with Gasteiger partial charge in [0.05, 0.1) is 11.3 Å². The molecule has 4 rings (SSSR count). The molecule has 188 valence electrons. The number of fused-ring (bicyclic) bond motifs is 1. The molecule has 0 bridgehead atoms. The topological polar surface area (TPSA) is 92.2 Å². The van der Waals surface area contributed by atoms with Gasteiger partial charge in [-0.3, -0.25) is 9.59 Å². The number of hydrogen-bond acceptors (Lipinski definition) is 5. The van der Waals surface area contributed by atoms with Crippen molar-refractivity contribution >= 4 is 34.5 Å². The van der Waals surface area contributed by atoms with E-state index in [9.17, 15) is 9.59 Å². The Morgan fingerprint density at radius 2 is 1.75 bits per heavy atom. The fourth-order valence-electron chi connectivity index (χ4n) is 4.37. The van der Waals surface area contributed by atoms with E-state index >= 15 is 0 Å². The van der Waals surface area contributed by atoms with Crippen LogP contribution in [0.1, 0.15) is 30.8 Å². The minimum absolute atomic E-state index is 0.0250. The number of piperazine rings is 1. The number of hydrogen-bond donors (Lipinski definition) is 2. The maximum Gasteiger partial charge on any atom is 0.270 e. The minimum Gasteiger partial charge on any atom is -0.351 e. The van der Waals surface area contributed by atoms with Crippen LogP contribution < -0.4 is 5.32 Å². The number of aromatic amines is 1. The number of nitrogens with zero attached hydrogens (tertiary/aromatic N) is 3. The number of amides is 2. The summed E-state index contributed by atoms with van der Waals surface area (Å²) in [5.74, 6) is 0.326. The van der Waals surface area contributed by atoms with E-state index in [0.29, 0.717) is 11.6 Å². The maximum atomic E-state index is 13.0. The third-order valence-corrected chi connectivity index (χ3v) is 7.66. The lowest BCUT2D eigenvalue weighted by molar-refractivity contribution is -0.120. The Morgan fingerprint density at radius 3 is 2.42 bits per heavy atom. The average Bonchev–Trinajstić information content (AvgIpc) is 3.30. The summed E-state index contributed by atoms with van der Waals surface area (Å²) in [6.07, 6.45) is 0.739. The maximum absolute atomic E-state index is 13.0. The molecular formula is C28H33N5O2S. The molecule has 0 radical (unpaired) electrons. The van der Waals surface area contributed by atoms with Crippen LogP contribution in [0.2, 0.25) is 0 Å². The number of carbonyl (C=O) groups is 2. The van der Waals surface area contributed by atoms with E-state index in [2.05, 4.69) is 60.4 Å². The molecule has 0 saturated carbocycles. The summed E-state index contributed by atoms with van der Waals surface area (Å²) >= 11 is 1.53. The van der Waals surface area contributed by atoms with Gasteiger partial charge in [-0.2, -0.15) is 5.26 Å². The average molecular weight is 504 g/mol. The highest BCUT2D eigenvalue weighted by Crippen LogP contribution is 2.31. The van der Waals surface area contributed by atoms with Crippen molar-refractivity contribution in [3.8, 4) is 17.2 Å². The number of likely N-dealkylation sites (N-methyl/N-ethyl adjacent to an activating group) is 1. The van der Waals surface area contributed by atoms with E-state index < -0.39 is 0 Å². The fourth-order valence-corrected chi connectivity index (χ4v) is 5.67. The van der Waals surface area contributed by atoms with Crippen LogP contribution in [-0.2, 0) is 4.79 Å². The molecule has 2 heterocycles. The van der Waals surface area contributed by atoms with Gasteiger partial charge >= 0.3 is 0 Å². The van der Waals surface area contributed by atoms with Gasteiger partial charge in [-0.25, -0.2) is 0 Å². The van der Waals surface area contributed by atoms with Crippen LogP contribution >= 0.6 is 11.8 Å². The van der Waals surface area contributed by atoms with Crippen LogP contribution in [0.25, 0.3) is 22.0 Å². The van der Waals surface area contributed by atoms with Crippen molar-refractivity contribution in [3.05, 3.63) is 54.2 Å². The van der Waals surface area contributed by atoms with E-state index in [0.717, 1.165) is 59.5 Å². The normalized spacial score (nSPS) is 15.1. The Bertz CT molecular complexity index is 1250. The highest BCUT2D eigenvalue weighted by atomic mass is 32.2. The molecule has 7 nitrogen and oxygen atoms in total. The van der Waals surface area contributed by atoms with E-state index in [-0.39, 0.29) is 23.6 Å². The second-order valence-corrected chi connectivity index (χ2v) is 11.0. The molecule has 1 fully saturated rings. The molecular weight excluding hydrogens is 470 g/mol. The minimum atomic E-state index is -0.239. The van der Waals surface area contributed by atoms with Gasteiger partial charge in [-0.1, -0.05) is 32.0 Å². The van der Waals surface area contributed by atoms with Crippen molar-refractivity contribution in [3.63, 3.8) is 0 Å². The highest BCUT2D eigenvalue weighted by Gasteiger charge is 2.22. The molecule has 2 amide bonds. The number of rotatable bonds is 8. The first-order valence-electron chi connectivity index (χ1n) is 12.4. The quantitative estimate of drug-likeness (QED) is 0.352. The Labute approximate surface area is 216 Å². The zero-order valence-electron chi connectivity index (χ0n) is 21.1. The van der Waals surface area contributed by atoms with Gasteiger partial charge in [0.2, 0.25) is 5.91 Å². The van der Waals surface area contributed by atoms with E-state index in [4.69, 9.17) is 5.26 Å². The molecule has 3 aromatic rings. The van der Waals surface area contributed by atoms with Gasteiger partial charge in [0, 0.05) is 42.0 Å². The molecule has 2 aromatic carbocycles. The summed E-state index contributed by atoms with van der Waals surface area (Å²) in [5.41, 5.74) is 3.72. The van der Waals surface area contributed by atoms with E-state index in [1.165, 1.54) is 11.8 Å². The largest absolute Gasteiger partial charge is 0.351 e. The summed E-state index contributed by atoms with van der Waals surface area (Å²) in [5, 5.41) is 12.2. The first kappa shape index (κ1) is 25.8. The Kier molecular flexibility index (Phi) is 8.34. The first-order valence-corrected chi connectivity index (χ1v) is 13.2. The monoisotopic (exact) mass is 503 g/mol. The van der Waals surface area contributed by atoms with Gasteiger partial charge < -0.3 is 20.1 Å². The zero-order chi connectivity index (χ0) is 25.7. The Balaban J connectivity index is 1.47. The van der Waals surface area contributed by atoms with Crippen molar-refractivity contribution in [1.29, 1.82) is 5.26 Å². The number of nitriles is 1. The van der Waals surface area contributed by atoms with Crippen molar-refractivity contribution < 1.29 is 9.59 Å². The second kappa shape index (κ2) is 11.6. The van der Waals surface area contributed by atoms with Gasteiger partial charge in [0.25, 0.3) is 5.91 Å². The lowest BCUT2D eigenvalue weighted by Crippen LogP contribution is -2.47. The molecule has 2 N–H and O–H groups in total. The van der Waals surface area contributed by atoms with Crippen molar-refractivity contribution in [2.45, 2.75) is 30.4 Å². The number of nitrogens with one attached hydrogen (secondary N) is 2. The molecule has 8 heteroatoms. The summed E-state index contributed by atoms with van der Waals surface area (Å²) in [6.45, 7) is 7.50. The van der Waals surface area contributed by atoms with Crippen LogP contribution in [0, 0.1) is 17.2 Å². The van der Waals surface area contributed by atoms with Crippen LogP contribution in [0.4, 0.5) is 0 Å². The third-order valence-electron chi connectivity index (χ3n) is 6.43. The van der Waals surface area contributed by atoms with E-state index in [1.54, 1.807) is 0 Å². The second-order valence-electron chi connectivity index (χ2n) is 9.72. The highest BCUT2D eigenvalue weighted by molar-refractivity contribution is 8.00. The first-order chi connectivity index (χ1) is 17.3. The van der Waals surface area contributed by atoms with Crippen molar-refractivity contribution in [1.82, 2.24) is 20.1 Å². The molecule has 1 aromatic heterocycles. The number of aromatic nitrogens is 1. The van der Waals surface area contributed by atoms with Crippen LogP contribution in [0.15, 0.2) is 53.4 Å². The van der Waals surface area contributed by atoms with Gasteiger partial charge in [0.1, 0.15) is 12.2 Å². The zero-order valence-corrected chi connectivity index (χ0v) is 21.9. The fraction of sp³-hybridized carbons (Fsp3) is 0.393. The number of thioether (sulfide) groups is 1. The Morgan fingerprint density at radius 1 is 1.06 bits per heavy atom. The van der Waals surface area contributed by atoms with Crippen LogP contribution in [0.5, 0.6) is 0 Å². The van der Waals surface area contributed by atoms with Gasteiger partial charge in [0.15, 0.2) is 0 Å². The SMILES string of the molecule is CC(C)CC(Sc1ccc(-c2ccc3[nH]c(C(=O)N4CCN(C)CC4)cc3c2)cc1)C(=O)NCC#N. The molecule has 1 aliphatic rings. The Hall–Kier alpha value is -3.28. The summed E-state index contributed by atoms with van der Waals surface area (Å²) in [4.78, 5) is 33.9. The number of H-pyrrole nitrogens is 1. The van der Waals surface area contributed by atoms with Crippen LogP contribution in [-0.4, -0.2) is 71.6 Å².